The summed E-state index contributed by atoms with van der Waals surface area (Å²) >= 11 is 0. The van der Waals surface area contributed by atoms with E-state index in [1.165, 1.54) is 19.2 Å². The van der Waals surface area contributed by atoms with Crippen LogP contribution in [0.5, 0.6) is 11.5 Å². The van der Waals surface area contributed by atoms with Crippen molar-refractivity contribution in [1.29, 1.82) is 0 Å². The Kier molecular flexibility index (Phi) is 7.73. The summed E-state index contributed by atoms with van der Waals surface area (Å²) in [5.41, 5.74) is 0.918. The molecule has 0 aliphatic rings. The number of ether oxygens (including phenoxy) is 2. The number of hydrogen-bond acceptors (Lipinski definition) is 6. The molecule has 0 saturated heterocycles. The summed E-state index contributed by atoms with van der Waals surface area (Å²) in [6, 6.07) is 11.4. The molecule has 8 nitrogen and oxygen atoms in total. The minimum absolute atomic E-state index is 0.129. The van der Waals surface area contributed by atoms with Gasteiger partial charge in [-0.05, 0) is 43.8 Å². The number of rotatable bonds is 10. The van der Waals surface area contributed by atoms with Crippen LogP contribution in [0.1, 0.15) is 12.5 Å². The van der Waals surface area contributed by atoms with Crippen LogP contribution in [-0.2, 0) is 11.3 Å². The number of nitro benzene ring substituents is 1. The van der Waals surface area contributed by atoms with Crippen molar-refractivity contribution in [2.75, 3.05) is 26.1 Å². The predicted octanol–water partition coefficient (Wildman–Crippen LogP) is 3.63. The number of likely N-dealkylation sites (N-methyl/N-ethyl adjacent to an activating group) is 1. The molecule has 0 heterocycles. The van der Waals surface area contributed by atoms with E-state index in [0.29, 0.717) is 18.9 Å². The number of anilines is 1. The lowest BCUT2D eigenvalue weighted by Gasteiger charge is -2.24. The van der Waals surface area contributed by atoms with Gasteiger partial charge in [-0.2, -0.15) is 0 Å². The zero-order valence-electron chi connectivity index (χ0n) is 16.8. The Balaban J connectivity index is 2.02. The lowest BCUT2D eigenvalue weighted by atomic mass is 10.1. The first-order valence-electron chi connectivity index (χ1n) is 9.02. The molecule has 0 radical (unpaired) electrons. The number of nitro groups is 1. The molecule has 0 fully saturated rings. The number of benzene rings is 2. The number of carbonyl (C=O) groups excluding carboxylic acids is 1. The lowest BCUT2D eigenvalue weighted by Crippen LogP contribution is -2.39. The fourth-order valence-electron chi connectivity index (χ4n) is 2.60. The maximum absolute atomic E-state index is 12.6. The third kappa shape index (κ3) is 6.05. The van der Waals surface area contributed by atoms with E-state index in [0.717, 1.165) is 11.3 Å². The number of methoxy groups -OCH3 is 1. The molecule has 2 aromatic rings. The summed E-state index contributed by atoms with van der Waals surface area (Å²) in [7, 11) is 3.24. The fraction of sp³-hybridized carbons (Fsp3) is 0.286. The quantitative estimate of drug-likeness (QED) is 0.372. The maximum atomic E-state index is 12.6. The van der Waals surface area contributed by atoms with Gasteiger partial charge in [-0.3, -0.25) is 19.8 Å². The van der Waals surface area contributed by atoms with Crippen LogP contribution in [0, 0.1) is 10.1 Å². The van der Waals surface area contributed by atoms with Crippen molar-refractivity contribution in [1.82, 2.24) is 4.90 Å². The molecule has 0 bridgehead atoms. The van der Waals surface area contributed by atoms with Gasteiger partial charge in [0.05, 0.1) is 24.1 Å². The van der Waals surface area contributed by atoms with Crippen LogP contribution in [0.2, 0.25) is 0 Å². The monoisotopic (exact) mass is 399 g/mol. The lowest BCUT2D eigenvalue weighted by molar-refractivity contribution is -0.384. The first kappa shape index (κ1) is 21.9. The van der Waals surface area contributed by atoms with Gasteiger partial charge >= 0.3 is 0 Å². The van der Waals surface area contributed by atoms with Gasteiger partial charge in [-0.1, -0.05) is 24.8 Å². The second-order valence-electron chi connectivity index (χ2n) is 6.46. The zero-order valence-corrected chi connectivity index (χ0v) is 16.8. The third-order valence-corrected chi connectivity index (χ3v) is 4.42. The Morgan fingerprint density at radius 2 is 1.93 bits per heavy atom. The molecule has 2 rings (SSSR count). The minimum atomic E-state index is -0.553. The topological polar surface area (TPSA) is 93.9 Å². The zero-order chi connectivity index (χ0) is 21.4. The molecule has 1 amide bonds. The van der Waals surface area contributed by atoms with Gasteiger partial charge in [0, 0.05) is 6.54 Å². The fourth-order valence-corrected chi connectivity index (χ4v) is 2.60. The van der Waals surface area contributed by atoms with Gasteiger partial charge in [0.15, 0.2) is 0 Å². The molecule has 0 saturated carbocycles. The van der Waals surface area contributed by atoms with Gasteiger partial charge in [-0.15, -0.1) is 0 Å². The van der Waals surface area contributed by atoms with E-state index >= 15 is 0 Å². The van der Waals surface area contributed by atoms with Gasteiger partial charge in [0.1, 0.15) is 23.8 Å². The molecule has 1 N–H and O–H groups in total. The summed E-state index contributed by atoms with van der Waals surface area (Å²) in [5, 5.41) is 13.9. The van der Waals surface area contributed by atoms with Crippen LogP contribution in [-0.4, -0.2) is 42.5 Å². The van der Waals surface area contributed by atoms with Crippen molar-refractivity contribution in [3.8, 4) is 11.5 Å². The van der Waals surface area contributed by atoms with Crippen LogP contribution in [0.25, 0.3) is 0 Å². The Hall–Kier alpha value is -3.39. The number of nitrogens with one attached hydrogen (secondary N) is 1. The van der Waals surface area contributed by atoms with Crippen molar-refractivity contribution in [3.63, 3.8) is 0 Å². The van der Waals surface area contributed by atoms with Crippen LogP contribution in [0.3, 0.4) is 0 Å². The molecule has 1 atom stereocenters. The van der Waals surface area contributed by atoms with Crippen LogP contribution >= 0.6 is 0 Å². The Morgan fingerprint density at radius 1 is 1.28 bits per heavy atom. The number of nitrogens with zero attached hydrogens (tertiary/aromatic N) is 2. The average Bonchev–Trinajstić information content (AvgIpc) is 2.72. The second kappa shape index (κ2) is 10.2. The molecule has 1 unspecified atom stereocenters. The molecule has 29 heavy (non-hydrogen) atoms. The van der Waals surface area contributed by atoms with Gasteiger partial charge < -0.3 is 14.8 Å². The first-order chi connectivity index (χ1) is 13.8. The van der Waals surface area contributed by atoms with Crippen LogP contribution < -0.4 is 14.8 Å². The number of amides is 1. The third-order valence-electron chi connectivity index (χ3n) is 4.42. The normalized spacial score (nSPS) is 11.6. The molecule has 154 valence electrons. The largest absolute Gasteiger partial charge is 0.496 e. The summed E-state index contributed by atoms with van der Waals surface area (Å²) in [6.07, 6.45) is 1.68. The number of carbonyl (C=O) groups is 1. The molecule has 8 heteroatoms. The first-order valence-corrected chi connectivity index (χ1v) is 9.02. The van der Waals surface area contributed by atoms with E-state index in [4.69, 9.17) is 9.47 Å². The minimum Gasteiger partial charge on any atom is -0.496 e. The van der Waals surface area contributed by atoms with Crippen LogP contribution in [0.15, 0.2) is 55.1 Å². The molecule has 2 aromatic carbocycles. The molecule has 0 spiro atoms. The van der Waals surface area contributed by atoms with Gasteiger partial charge in [0.25, 0.3) is 5.69 Å². The van der Waals surface area contributed by atoms with E-state index in [2.05, 4.69) is 11.9 Å². The standard InChI is InChI=1S/C21H25N3O5/c1-5-12-29-17-8-6-16(7-9-17)14-23(3)15(2)21(25)22-19-11-10-18(28-4)13-20(19)24(26)27/h5-11,13,15H,1,12,14H2,2-4H3,(H,22,25). The summed E-state index contributed by atoms with van der Waals surface area (Å²) in [5.74, 6) is 0.751. The highest BCUT2D eigenvalue weighted by molar-refractivity contribution is 5.96. The highest BCUT2D eigenvalue weighted by Crippen LogP contribution is 2.29. The average molecular weight is 399 g/mol. The van der Waals surface area contributed by atoms with Gasteiger partial charge in [-0.25, -0.2) is 0 Å². The molecule has 0 aliphatic heterocycles. The Labute approximate surface area is 169 Å². The number of hydrogen-bond donors (Lipinski definition) is 1. The SMILES string of the molecule is C=CCOc1ccc(CN(C)C(C)C(=O)Nc2ccc(OC)cc2[N+](=O)[O-])cc1. The molecule has 0 aliphatic carbocycles. The highest BCUT2D eigenvalue weighted by Gasteiger charge is 2.22. The van der Waals surface area contributed by atoms with Crippen molar-refractivity contribution in [2.24, 2.45) is 0 Å². The van der Waals surface area contributed by atoms with Gasteiger partial charge in [0.2, 0.25) is 5.91 Å². The van der Waals surface area contributed by atoms with E-state index in [9.17, 15) is 14.9 Å². The maximum Gasteiger partial charge on any atom is 0.296 e. The van der Waals surface area contributed by atoms with Crippen molar-refractivity contribution in [2.45, 2.75) is 19.5 Å². The molecule has 0 aromatic heterocycles. The van der Waals surface area contributed by atoms with Crippen molar-refractivity contribution >= 4 is 17.3 Å². The van der Waals surface area contributed by atoms with Crippen molar-refractivity contribution in [3.05, 3.63) is 70.8 Å². The molecular formula is C21H25N3O5. The van der Waals surface area contributed by atoms with E-state index in [1.54, 1.807) is 19.1 Å². The van der Waals surface area contributed by atoms with Crippen LogP contribution in [0.4, 0.5) is 11.4 Å². The summed E-state index contributed by atoms with van der Waals surface area (Å²) < 4.78 is 10.5. The Morgan fingerprint density at radius 3 is 2.52 bits per heavy atom. The summed E-state index contributed by atoms with van der Waals surface area (Å²) in [6.45, 7) is 6.32. The van der Waals surface area contributed by atoms with E-state index in [-0.39, 0.29) is 17.3 Å². The van der Waals surface area contributed by atoms with E-state index < -0.39 is 11.0 Å². The summed E-state index contributed by atoms with van der Waals surface area (Å²) in [4.78, 5) is 25.2. The van der Waals surface area contributed by atoms with Crippen molar-refractivity contribution < 1.29 is 19.2 Å². The predicted molar refractivity (Wildman–Crippen MR) is 111 cm³/mol. The molecular weight excluding hydrogens is 374 g/mol. The highest BCUT2D eigenvalue weighted by atomic mass is 16.6. The second-order valence-corrected chi connectivity index (χ2v) is 6.46. The smallest absolute Gasteiger partial charge is 0.296 e. The Bertz CT molecular complexity index is 867. The van der Waals surface area contributed by atoms with E-state index in [1.807, 2.05) is 36.2 Å².